The van der Waals surface area contributed by atoms with Gasteiger partial charge in [0.15, 0.2) is 0 Å². The van der Waals surface area contributed by atoms with Crippen LogP contribution in [0.5, 0.6) is 0 Å². The zero-order valence-electron chi connectivity index (χ0n) is 29.0. The first kappa shape index (κ1) is 37.3. The van der Waals surface area contributed by atoms with Gasteiger partial charge in [0.2, 0.25) is 35.4 Å². The molecule has 0 aliphatic carbocycles. The summed E-state index contributed by atoms with van der Waals surface area (Å²) in [6, 6.07) is 14.8. The Labute approximate surface area is 291 Å². The number of likely N-dealkylation sites (N-methyl/N-ethyl adjacent to an activating group) is 1. The Bertz CT molecular complexity index is 1630. The molecule has 1 aliphatic rings. The summed E-state index contributed by atoms with van der Waals surface area (Å²) in [5.41, 5.74) is 1.43. The predicted molar refractivity (Wildman–Crippen MR) is 185 cm³/mol. The maximum atomic E-state index is 14.0. The Hall–Kier alpha value is -5.53. The van der Waals surface area contributed by atoms with Gasteiger partial charge >= 0.3 is 0 Å². The zero-order valence-corrected chi connectivity index (χ0v) is 29.0. The number of nitrogens with one attached hydrogen (secondary N) is 4. The highest BCUT2D eigenvalue weighted by molar-refractivity contribution is 5.96. The summed E-state index contributed by atoms with van der Waals surface area (Å²) in [5, 5.41) is 15.3. The first-order valence-electron chi connectivity index (χ1n) is 16.6. The summed E-state index contributed by atoms with van der Waals surface area (Å²) in [5.74, 6) is -3.65. The summed E-state index contributed by atoms with van der Waals surface area (Å²) in [7, 11) is 1.45. The van der Waals surface area contributed by atoms with Crippen molar-refractivity contribution in [2.45, 2.75) is 70.9 Å². The second-order valence-corrected chi connectivity index (χ2v) is 12.8. The van der Waals surface area contributed by atoms with E-state index in [1.54, 1.807) is 50.4 Å². The van der Waals surface area contributed by atoms with Gasteiger partial charge in [0.05, 0.1) is 12.6 Å². The Morgan fingerprint density at radius 2 is 1.50 bits per heavy atom. The van der Waals surface area contributed by atoms with Gasteiger partial charge in [0, 0.05) is 32.4 Å². The van der Waals surface area contributed by atoms with Crippen LogP contribution >= 0.6 is 0 Å². The molecule has 5 atom stereocenters. The molecule has 6 amide bonds. The summed E-state index contributed by atoms with van der Waals surface area (Å²) >= 11 is 0. The van der Waals surface area contributed by atoms with E-state index in [1.807, 2.05) is 36.4 Å². The molecule has 4 rings (SSSR count). The van der Waals surface area contributed by atoms with Crippen molar-refractivity contribution >= 4 is 35.4 Å². The fourth-order valence-corrected chi connectivity index (χ4v) is 5.58. The molecule has 266 valence electrons. The number of nitrogens with zero attached hydrogens (tertiary/aromatic N) is 4. The largest absolute Gasteiger partial charge is 0.346 e. The van der Waals surface area contributed by atoms with E-state index in [0.717, 1.165) is 5.56 Å². The Kier molecular flexibility index (Phi) is 12.8. The van der Waals surface area contributed by atoms with Crippen molar-refractivity contribution in [3.05, 3.63) is 90.3 Å². The highest BCUT2D eigenvalue weighted by Gasteiger charge is 2.35. The topological polar surface area (TPSA) is 175 Å². The maximum absolute atomic E-state index is 14.0. The van der Waals surface area contributed by atoms with Crippen molar-refractivity contribution in [1.29, 1.82) is 0 Å². The van der Waals surface area contributed by atoms with Gasteiger partial charge in [0.1, 0.15) is 30.7 Å². The third-order valence-corrected chi connectivity index (χ3v) is 8.69. The molecule has 0 bridgehead atoms. The lowest BCUT2D eigenvalue weighted by Gasteiger charge is -2.33. The minimum atomic E-state index is -1.10. The van der Waals surface area contributed by atoms with Crippen LogP contribution in [0, 0.1) is 5.92 Å². The summed E-state index contributed by atoms with van der Waals surface area (Å²) in [6.07, 6.45) is 3.26. The minimum Gasteiger partial charge on any atom is -0.346 e. The van der Waals surface area contributed by atoms with Crippen LogP contribution in [-0.2, 0) is 41.7 Å². The molecule has 1 saturated heterocycles. The highest BCUT2D eigenvalue weighted by Crippen LogP contribution is 2.17. The van der Waals surface area contributed by atoms with Crippen LogP contribution in [0.2, 0.25) is 0 Å². The van der Waals surface area contributed by atoms with Crippen LogP contribution in [0.1, 0.15) is 44.9 Å². The van der Waals surface area contributed by atoms with Crippen LogP contribution in [0.3, 0.4) is 0 Å². The van der Waals surface area contributed by atoms with E-state index in [-0.39, 0.29) is 25.4 Å². The van der Waals surface area contributed by atoms with Crippen molar-refractivity contribution in [2.24, 2.45) is 5.92 Å². The Morgan fingerprint density at radius 3 is 2.12 bits per heavy atom. The van der Waals surface area contributed by atoms with Crippen molar-refractivity contribution in [2.75, 3.05) is 20.1 Å². The fourth-order valence-electron chi connectivity index (χ4n) is 5.58. The SMILES string of the molecule is CC(C)[C@H]1NC(=O)[C@H](C)N(C)C(=O)[C@H](Cc2ccccc2)NC(=O)CN(C(=O)Cn2cccn2)C[C@@H](c2ccccc2)NC(=O)[C@H](C)NC1=O. The third-order valence-electron chi connectivity index (χ3n) is 8.69. The van der Waals surface area contributed by atoms with Crippen molar-refractivity contribution in [3.63, 3.8) is 0 Å². The fraction of sp³-hybridized carbons (Fsp3) is 0.417. The van der Waals surface area contributed by atoms with Gasteiger partial charge < -0.3 is 31.1 Å². The van der Waals surface area contributed by atoms with E-state index >= 15 is 0 Å². The number of hydrogen-bond donors (Lipinski definition) is 4. The van der Waals surface area contributed by atoms with E-state index in [9.17, 15) is 28.8 Å². The lowest BCUT2D eigenvalue weighted by Crippen LogP contribution is -2.59. The molecule has 2 aromatic carbocycles. The second-order valence-electron chi connectivity index (χ2n) is 12.8. The van der Waals surface area contributed by atoms with E-state index < -0.39 is 72.2 Å². The molecule has 14 nitrogen and oxygen atoms in total. The first-order chi connectivity index (χ1) is 23.8. The van der Waals surface area contributed by atoms with Crippen LogP contribution in [0.4, 0.5) is 0 Å². The molecular formula is C36H46N8O6. The van der Waals surface area contributed by atoms with Gasteiger partial charge in [-0.3, -0.25) is 33.4 Å². The normalized spacial score (nSPS) is 23.3. The van der Waals surface area contributed by atoms with E-state index in [4.69, 9.17) is 0 Å². The summed E-state index contributed by atoms with van der Waals surface area (Å²) in [4.78, 5) is 84.5. The van der Waals surface area contributed by atoms with Crippen LogP contribution in [0.25, 0.3) is 0 Å². The first-order valence-corrected chi connectivity index (χ1v) is 16.6. The number of hydrogen-bond acceptors (Lipinski definition) is 7. The Balaban J connectivity index is 1.75. The number of rotatable bonds is 6. The van der Waals surface area contributed by atoms with Crippen molar-refractivity contribution in [1.82, 2.24) is 40.8 Å². The number of aromatic nitrogens is 2. The molecule has 50 heavy (non-hydrogen) atoms. The third kappa shape index (κ3) is 10.00. The van der Waals surface area contributed by atoms with E-state index in [2.05, 4.69) is 26.4 Å². The van der Waals surface area contributed by atoms with Gasteiger partial charge in [-0.15, -0.1) is 0 Å². The van der Waals surface area contributed by atoms with E-state index in [1.165, 1.54) is 41.6 Å². The molecule has 0 radical (unpaired) electrons. The summed E-state index contributed by atoms with van der Waals surface area (Å²) in [6.45, 7) is 5.82. The Morgan fingerprint density at radius 1 is 0.840 bits per heavy atom. The van der Waals surface area contributed by atoms with Crippen LogP contribution < -0.4 is 21.3 Å². The molecule has 2 heterocycles. The molecule has 4 N–H and O–H groups in total. The molecular weight excluding hydrogens is 640 g/mol. The van der Waals surface area contributed by atoms with Crippen LogP contribution in [-0.4, -0.2) is 99.3 Å². The van der Waals surface area contributed by atoms with Crippen molar-refractivity contribution < 1.29 is 28.8 Å². The van der Waals surface area contributed by atoms with Crippen molar-refractivity contribution in [3.8, 4) is 0 Å². The smallest absolute Gasteiger partial charge is 0.245 e. The average Bonchev–Trinajstić information content (AvgIpc) is 3.61. The minimum absolute atomic E-state index is 0.108. The molecule has 1 aliphatic heterocycles. The number of carbonyl (C=O) groups excluding carboxylic acids is 6. The lowest BCUT2D eigenvalue weighted by molar-refractivity contribution is -0.143. The van der Waals surface area contributed by atoms with E-state index in [0.29, 0.717) is 5.56 Å². The standard InChI is InChI=1S/C36H46N8O6/c1-23(2)32-35(49)38-24(3)33(47)40-29(27-15-10-7-11-16-27)20-43(31(46)22-44-18-12-17-37-44)21-30(45)39-28(19-26-13-8-6-9-14-26)36(50)42(5)25(4)34(48)41-32/h6-18,23-25,28-29,32H,19-22H2,1-5H3,(H,38,49)(H,39,45)(H,40,47)(H,41,48)/t24-,25-,28-,29-,32+/m0/s1. The molecule has 0 unspecified atom stereocenters. The van der Waals surface area contributed by atoms with Gasteiger partial charge in [-0.05, 0) is 37.0 Å². The van der Waals surface area contributed by atoms with Gasteiger partial charge in [0.25, 0.3) is 0 Å². The maximum Gasteiger partial charge on any atom is 0.245 e. The number of carbonyl (C=O) groups is 6. The molecule has 14 heteroatoms. The predicted octanol–water partition coefficient (Wildman–Crippen LogP) is 0.803. The van der Waals surface area contributed by atoms with Gasteiger partial charge in [-0.1, -0.05) is 74.5 Å². The van der Waals surface area contributed by atoms with Gasteiger partial charge in [-0.2, -0.15) is 5.10 Å². The number of benzene rings is 2. The zero-order chi connectivity index (χ0) is 36.4. The monoisotopic (exact) mass is 686 g/mol. The average molecular weight is 687 g/mol. The molecule has 1 fully saturated rings. The quantitative estimate of drug-likeness (QED) is 0.297. The molecule has 1 aromatic heterocycles. The summed E-state index contributed by atoms with van der Waals surface area (Å²) < 4.78 is 1.42. The van der Waals surface area contributed by atoms with Crippen LogP contribution in [0.15, 0.2) is 79.1 Å². The number of amides is 6. The lowest BCUT2D eigenvalue weighted by atomic mass is 10.0. The second kappa shape index (κ2) is 17.2. The highest BCUT2D eigenvalue weighted by atomic mass is 16.2. The molecule has 0 saturated carbocycles. The molecule has 0 spiro atoms. The van der Waals surface area contributed by atoms with Gasteiger partial charge in [-0.25, -0.2) is 0 Å². The molecule has 3 aromatic rings.